The Morgan fingerprint density at radius 2 is 1.55 bits per heavy atom. The molecule has 1 N–H and O–H groups in total. The van der Waals surface area contributed by atoms with E-state index in [9.17, 15) is 27.9 Å². The van der Waals surface area contributed by atoms with E-state index in [4.69, 9.17) is 27.9 Å². The summed E-state index contributed by atoms with van der Waals surface area (Å²) in [6.45, 7) is 1.52. The molecule has 2 heterocycles. The predicted molar refractivity (Wildman–Crippen MR) is 147 cm³/mol. The lowest BCUT2D eigenvalue weighted by Gasteiger charge is -2.40. The van der Waals surface area contributed by atoms with Gasteiger partial charge in [-0.05, 0) is 56.0 Å². The molecule has 2 aliphatic heterocycles. The Labute approximate surface area is 241 Å². The third-order valence-corrected chi connectivity index (χ3v) is 8.02. The minimum atomic E-state index is -5.22. The molecule has 2 aromatic carbocycles. The molecule has 0 radical (unpaired) electrons. The number of aliphatic hydroxyl groups is 1. The van der Waals surface area contributed by atoms with Crippen LogP contribution in [0.3, 0.4) is 0 Å². The molecule has 12 heteroatoms. The summed E-state index contributed by atoms with van der Waals surface area (Å²) in [5, 5.41) is 11.0. The molecule has 2 amide bonds. The summed E-state index contributed by atoms with van der Waals surface area (Å²) in [6, 6.07) is 10.0. The number of hydrogen-bond acceptors (Lipinski definition) is 5. The van der Waals surface area contributed by atoms with Crippen molar-refractivity contribution in [3.8, 4) is 0 Å². The number of rotatable bonds is 6. The van der Waals surface area contributed by atoms with Crippen molar-refractivity contribution >= 4 is 40.7 Å². The van der Waals surface area contributed by atoms with Gasteiger partial charge in [0.15, 0.2) is 0 Å². The third kappa shape index (κ3) is 6.35. The second kappa shape index (κ2) is 12.1. The number of anilines is 1. The van der Waals surface area contributed by atoms with Crippen molar-refractivity contribution in [1.29, 1.82) is 0 Å². The van der Waals surface area contributed by atoms with E-state index in [1.54, 1.807) is 26.2 Å². The molecular formula is C28H32Cl2F3N3O4. The lowest BCUT2D eigenvalue weighted by Crippen LogP contribution is -2.57. The number of benzene rings is 2. The molecule has 7 nitrogen and oxygen atoms in total. The predicted octanol–water partition coefficient (Wildman–Crippen LogP) is 5.12. The van der Waals surface area contributed by atoms with Crippen molar-refractivity contribution in [2.24, 2.45) is 0 Å². The Morgan fingerprint density at radius 3 is 2.08 bits per heavy atom. The van der Waals surface area contributed by atoms with Gasteiger partial charge in [0, 0.05) is 56.5 Å². The number of nitrogens with zero attached hydrogens (tertiary/aromatic N) is 3. The van der Waals surface area contributed by atoms with Crippen molar-refractivity contribution in [2.75, 3.05) is 45.2 Å². The van der Waals surface area contributed by atoms with Gasteiger partial charge in [-0.3, -0.25) is 9.59 Å². The second-order valence-corrected chi connectivity index (χ2v) is 11.2. The van der Waals surface area contributed by atoms with Gasteiger partial charge < -0.3 is 24.5 Å². The molecule has 0 aliphatic carbocycles. The zero-order valence-electron chi connectivity index (χ0n) is 22.3. The van der Waals surface area contributed by atoms with Gasteiger partial charge in [0.25, 0.3) is 17.4 Å². The highest BCUT2D eigenvalue weighted by molar-refractivity contribution is 6.34. The van der Waals surface area contributed by atoms with Crippen molar-refractivity contribution in [3.63, 3.8) is 0 Å². The van der Waals surface area contributed by atoms with Crippen LogP contribution in [0.4, 0.5) is 18.9 Å². The van der Waals surface area contributed by atoms with Crippen LogP contribution in [0.2, 0.25) is 10.0 Å². The first-order chi connectivity index (χ1) is 18.8. The van der Waals surface area contributed by atoms with Crippen LogP contribution in [0, 0.1) is 0 Å². The minimum Gasteiger partial charge on any atom is -0.375 e. The summed E-state index contributed by atoms with van der Waals surface area (Å²) < 4.78 is 48.2. The fraction of sp³-hybridized carbons (Fsp3) is 0.500. The first-order valence-corrected chi connectivity index (χ1v) is 13.8. The van der Waals surface area contributed by atoms with Crippen molar-refractivity contribution in [1.82, 2.24) is 9.80 Å². The number of carbonyl (C=O) groups excluding carboxylic acids is 2. The highest BCUT2D eigenvalue weighted by Crippen LogP contribution is 2.42. The normalized spacial score (nSPS) is 18.9. The van der Waals surface area contributed by atoms with Crippen LogP contribution >= 0.6 is 23.2 Å². The zero-order valence-corrected chi connectivity index (χ0v) is 23.8. The van der Waals surface area contributed by atoms with E-state index in [-0.39, 0.29) is 36.2 Å². The number of ether oxygens (including phenoxy) is 1. The first-order valence-electron chi connectivity index (χ1n) is 13.1. The average molecular weight is 602 g/mol. The Bertz CT molecular complexity index is 1230. The van der Waals surface area contributed by atoms with Crippen molar-refractivity contribution < 1.29 is 32.6 Å². The Hall–Kier alpha value is -2.53. The van der Waals surface area contributed by atoms with Crippen LogP contribution in [0.1, 0.15) is 41.6 Å². The van der Waals surface area contributed by atoms with Gasteiger partial charge in [-0.1, -0.05) is 35.3 Å². The molecule has 218 valence electrons. The van der Waals surface area contributed by atoms with Gasteiger partial charge in [-0.15, -0.1) is 0 Å². The molecule has 0 saturated carbocycles. The quantitative estimate of drug-likeness (QED) is 0.497. The summed E-state index contributed by atoms with van der Waals surface area (Å²) >= 11 is 12.2. The summed E-state index contributed by atoms with van der Waals surface area (Å²) in [4.78, 5) is 29.9. The maximum absolute atomic E-state index is 14.0. The Balaban J connectivity index is 1.30. The molecule has 40 heavy (non-hydrogen) atoms. The molecule has 2 aromatic rings. The summed E-state index contributed by atoms with van der Waals surface area (Å²) in [6.07, 6.45) is -3.21. The van der Waals surface area contributed by atoms with Gasteiger partial charge >= 0.3 is 6.18 Å². The van der Waals surface area contributed by atoms with E-state index in [0.29, 0.717) is 23.4 Å². The van der Waals surface area contributed by atoms with E-state index < -0.39 is 23.2 Å². The number of halogens is 5. The van der Waals surface area contributed by atoms with Gasteiger partial charge in [-0.2, -0.15) is 13.2 Å². The smallest absolute Gasteiger partial charge is 0.375 e. The van der Waals surface area contributed by atoms with Crippen LogP contribution in [0.15, 0.2) is 42.5 Å². The second-order valence-electron chi connectivity index (χ2n) is 10.4. The zero-order chi connectivity index (χ0) is 29.2. The molecule has 0 bridgehead atoms. The maximum atomic E-state index is 14.0. The van der Waals surface area contributed by atoms with Crippen LogP contribution in [0.25, 0.3) is 0 Å². The molecule has 2 aliphatic rings. The average Bonchev–Trinajstić information content (AvgIpc) is 2.92. The monoisotopic (exact) mass is 601 g/mol. The minimum absolute atomic E-state index is 0.00864. The molecule has 1 unspecified atom stereocenters. The standard InChI is InChI=1S/C28H32Cl2F3N3O4/c1-34(2)25(37)23-7-6-20(17-24(23)30)35-12-8-21(9-13-35)40-22-10-14-36(15-11-22)26(38)27(39,28(31,32)33)18-4-3-5-19(29)16-18/h3-7,16-17,21-22,39H,8-15H2,1-2H3. The summed E-state index contributed by atoms with van der Waals surface area (Å²) in [5.41, 5.74) is -2.93. The van der Waals surface area contributed by atoms with E-state index >= 15 is 0 Å². The number of carbonyl (C=O) groups is 2. The fourth-order valence-corrected chi connectivity index (χ4v) is 5.63. The summed E-state index contributed by atoms with van der Waals surface area (Å²) in [7, 11) is 3.34. The van der Waals surface area contributed by atoms with Crippen LogP contribution in [0.5, 0.6) is 0 Å². The van der Waals surface area contributed by atoms with Gasteiger partial charge in [0.2, 0.25) is 0 Å². The topological polar surface area (TPSA) is 73.3 Å². The number of alkyl halides is 3. The van der Waals surface area contributed by atoms with Gasteiger partial charge in [0.1, 0.15) is 0 Å². The molecule has 1 atom stereocenters. The summed E-state index contributed by atoms with van der Waals surface area (Å²) in [5.74, 6) is -1.57. The first kappa shape index (κ1) is 30.4. The highest BCUT2D eigenvalue weighted by Gasteiger charge is 2.62. The molecule has 0 spiro atoms. The van der Waals surface area contributed by atoms with Crippen molar-refractivity contribution in [3.05, 3.63) is 63.6 Å². The van der Waals surface area contributed by atoms with E-state index in [1.165, 1.54) is 17.0 Å². The van der Waals surface area contributed by atoms with Crippen LogP contribution in [-0.2, 0) is 15.1 Å². The van der Waals surface area contributed by atoms with E-state index in [2.05, 4.69) is 4.90 Å². The molecule has 0 aromatic heterocycles. The van der Waals surface area contributed by atoms with Crippen molar-refractivity contribution in [2.45, 2.75) is 49.7 Å². The van der Waals surface area contributed by atoms with Crippen LogP contribution < -0.4 is 4.90 Å². The Morgan fingerprint density at radius 1 is 0.950 bits per heavy atom. The molecule has 2 fully saturated rings. The number of amides is 2. The molecule has 2 saturated heterocycles. The number of hydrogen-bond donors (Lipinski definition) is 1. The fourth-order valence-electron chi connectivity index (χ4n) is 5.18. The van der Waals surface area contributed by atoms with Gasteiger partial charge in [-0.25, -0.2) is 0 Å². The lowest BCUT2D eigenvalue weighted by atomic mass is 9.90. The maximum Gasteiger partial charge on any atom is 0.430 e. The molecule has 4 rings (SSSR count). The third-order valence-electron chi connectivity index (χ3n) is 7.47. The largest absolute Gasteiger partial charge is 0.430 e. The van der Waals surface area contributed by atoms with E-state index in [0.717, 1.165) is 48.7 Å². The molecular weight excluding hydrogens is 570 g/mol. The highest BCUT2D eigenvalue weighted by atomic mass is 35.5. The SMILES string of the molecule is CN(C)C(=O)c1ccc(N2CCC(OC3CCN(C(=O)C(O)(c4cccc(Cl)c4)C(F)(F)F)CC3)CC2)cc1Cl. The Kier molecular flexibility index (Phi) is 9.24. The van der Waals surface area contributed by atoms with Gasteiger partial charge in [0.05, 0.1) is 22.8 Å². The number of piperidine rings is 2. The van der Waals surface area contributed by atoms with Crippen LogP contribution in [-0.4, -0.2) is 85.4 Å². The van der Waals surface area contributed by atoms with E-state index in [1.807, 2.05) is 6.07 Å². The number of likely N-dealkylation sites (tertiary alicyclic amines) is 1. The lowest BCUT2D eigenvalue weighted by molar-refractivity contribution is -0.262.